The lowest BCUT2D eigenvalue weighted by molar-refractivity contribution is -0.133. The first-order chi connectivity index (χ1) is 12.5. The van der Waals surface area contributed by atoms with Gasteiger partial charge in [0, 0.05) is 36.8 Å². The molecule has 0 N–H and O–H groups in total. The molecule has 1 aliphatic heterocycles. The van der Waals surface area contributed by atoms with Gasteiger partial charge in [-0.3, -0.25) is 9.78 Å². The van der Waals surface area contributed by atoms with Gasteiger partial charge in [0.25, 0.3) is 0 Å². The van der Waals surface area contributed by atoms with Gasteiger partial charge in [0.15, 0.2) is 0 Å². The molecule has 138 valence electrons. The second kappa shape index (κ2) is 8.41. The first kappa shape index (κ1) is 18.5. The Hall–Kier alpha value is -2.27. The van der Waals surface area contributed by atoms with Crippen molar-refractivity contribution in [2.45, 2.75) is 25.2 Å². The number of benzene rings is 1. The third-order valence-electron chi connectivity index (χ3n) is 4.75. The maximum atomic E-state index is 13.4. The predicted molar refractivity (Wildman–Crippen MR) is 101 cm³/mol. The predicted octanol–water partition coefficient (Wildman–Crippen LogP) is 3.08. The molecule has 4 nitrogen and oxygen atoms in total. The van der Waals surface area contributed by atoms with Crippen LogP contribution in [0.1, 0.15) is 35.7 Å². The number of hydrogen-bond acceptors (Lipinski definition) is 3. The molecule has 3 rings (SSSR count). The Labute approximate surface area is 154 Å². The van der Waals surface area contributed by atoms with Crippen molar-refractivity contribution >= 4 is 5.91 Å². The highest BCUT2D eigenvalue weighted by molar-refractivity contribution is 5.78. The number of likely N-dealkylation sites (N-methyl/N-ethyl adjacent to an activating group) is 1. The van der Waals surface area contributed by atoms with Gasteiger partial charge in [-0.05, 0) is 56.8 Å². The van der Waals surface area contributed by atoms with E-state index >= 15 is 0 Å². The number of likely N-dealkylation sites (tertiary alicyclic amines) is 1. The van der Waals surface area contributed by atoms with Crippen molar-refractivity contribution in [1.29, 1.82) is 0 Å². The Balaban J connectivity index is 1.70. The molecule has 0 saturated carbocycles. The normalized spacial score (nSPS) is 17.5. The van der Waals surface area contributed by atoms with E-state index in [-0.39, 0.29) is 17.6 Å². The number of nitrogens with zero attached hydrogens (tertiary/aromatic N) is 3. The summed E-state index contributed by atoms with van der Waals surface area (Å²) in [5.74, 6) is 0.221. The van der Waals surface area contributed by atoms with Crippen LogP contribution >= 0.6 is 0 Å². The molecule has 0 spiro atoms. The average molecular weight is 355 g/mol. The Morgan fingerprint density at radius 3 is 2.85 bits per heavy atom. The minimum atomic E-state index is -0.221. The number of hydrogen-bond donors (Lipinski definition) is 0. The molecule has 0 unspecified atom stereocenters. The Morgan fingerprint density at radius 2 is 2.08 bits per heavy atom. The fraction of sp³-hybridized carbons (Fsp3) is 0.429. The molecule has 0 bridgehead atoms. The second-order valence-corrected chi connectivity index (χ2v) is 7.28. The molecule has 1 aromatic heterocycles. The molecule has 0 aliphatic carbocycles. The van der Waals surface area contributed by atoms with Gasteiger partial charge in [0.2, 0.25) is 5.91 Å². The average Bonchev–Trinajstić information content (AvgIpc) is 2.61. The van der Waals surface area contributed by atoms with E-state index in [1.165, 1.54) is 6.07 Å². The summed E-state index contributed by atoms with van der Waals surface area (Å²) in [5, 5.41) is 0. The maximum Gasteiger partial charge on any atom is 0.236 e. The highest BCUT2D eigenvalue weighted by atomic mass is 19.1. The maximum absolute atomic E-state index is 13.4. The van der Waals surface area contributed by atoms with E-state index in [4.69, 9.17) is 4.98 Å². The first-order valence-corrected chi connectivity index (χ1v) is 9.14. The molecule has 0 radical (unpaired) electrons. The summed E-state index contributed by atoms with van der Waals surface area (Å²) in [4.78, 5) is 21.0. The molecule has 1 aromatic carbocycles. The molecule has 1 saturated heterocycles. The molecule has 26 heavy (non-hydrogen) atoms. The van der Waals surface area contributed by atoms with E-state index in [9.17, 15) is 9.18 Å². The smallest absolute Gasteiger partial charge is 0.236 e. The van der Waals surface area contributed by atoms with Crippen molar-refractivity contribution in [2.24, 2.45) is 0 Å². The number of amides is 1. The van der Waals surface area contributed by atoms with Crippen molar-refractivity contribution < 1.29 is 9.18 Å². The van der Waals surface area contributed by atoms with Gasteiger partial charge in [0.1, 0.15) is 5.82 Å². The summed E-state index contributed by atoms with van der Waals surface area (Å²) in [6.45, 7) is 2.00. The molecular formula is C21H26FN3O. The number of carbonyl (C=O) groups is 1. The lowest BCUT2D eigenvalue weighted by Gasteiger charge is -2.33. The van der Waals surface area contributed by atoms with Gasteiger partial charge in [-0.2, -0.15) is 0 Å². The van der Waals surface area contributed by atoms with Gasteiger partial charge >= 0.3 is 0 Å². The largest absolute Gasteiger partial charge is 0.341 e. The number of halogens is 1. The zero-order valence-corrected chi connectivity index (χ0v) is 15.5. The van der Waals surface area contributed by atoms with E-state index in [1.807, 2.05) is 48.2 Å². The zero-order chi connectivity index (χ0) is 18.5. The SMILES string of the molecule is CN(C)CC(=O)N1CCC[C@@H](c2cccc(Cc3cccc(F)c3)n2)C1. The summed E-state index contributed by atoms with van der Waals surface area (Å²) in [5.41, 5.74) is 2.88. The molecule has 5 heteroatoms. The van der Waals surface area contributed by atoms with Gasteiger partial charge in [0.05, 0.1) is 6.54 Å². The van der Waals surface area contributed by atoms with E-state index in [1.54, 1.807) is 12.1 Å². The highest BCUT2D eigenvalue weighted by Gasteiger charge is 2.25. The van der Waals surface area contributed by atoms with Crippen molar-refractivity contribution in [3.8, 4) is 0 Å². The fourth-order valence-corrected chi connectivity index (χ4v) is 3.50. The summed E-state index contributed by atoms with van der Waals surface area (Å²) < 4.78 is 13.4. The van der Waals surface area contributed by atoms with Gasteiger partial charge in [-0.25, -0.2) is 4.39 Å². The van der Waals surface area contributed by atoms with Crippen LogP contribution in [0, 0.1) is 5.82 Å². The van der Waals surface area contributed by atoms with Crippen molar-refractivity contribution in [1.82, 2.24) is 14.8 Å². The number of rotatable bonds is 5. The van der Waals surface area contributed by atoms with E-state index in [2.05, 4.69) is 0 Å². The quantitative estimate of drug-likeness (QED) is 0.827. The lowest BCUT2D eigenvalue weighted by atomic mass is 9.93. The van der Waals surface area contributed by atoms with Crippen LogP contribution in [-0.2, 0) is 11.2 Å². The fourth-order valence-electron chi connectivity index (χ4n) is 3.50. The van der Waals surface area contributed by atoms with Gasteiger partial charge in [-0.1, -0.05) is 18.2 Å². The van der Waals surface area contributed by atoms with Crippen LogP contribution < -0.4 is 0 Å². The molecule has 1 amide bonds. The van der Waals surface area contributed by atoms with Crippen LogP contribution in [0.3, 0.4) is 0 Å². The molecule has 2 aromatic rings. The first-order valence-electron chi connectivity index (χ1n) is 9.14. The number of pyridine rings is 1. The third-order valence-corrected chi connectivity index (χ3v) is 4.75. The number of piperidine rings is 1. The molecule has 1 aliphatic rings. The van der Waals surface area contributed by atoms with Crippen molar-refractivity contribution in [3.63, 3.8) is 0 Å². The van der Waals surface area contributed by atoms with Crippen molar-refractivity contribution in [3.05, 3.63) is 65.2 Å². The molecular weight excluding hydrogens is 329 g/mol. The number of aromatic nitrogens is 1. The molecule has 2 heterocycles. The van der Waals surface area contributed by atoms with Crippen LogP contribution in [0.25, 0.3) is 0 Å². The van der Waals surface area contributed by atoms with Crippen LogP contribution in [0.5, 0.6) is 0 Å². The highest BCUT2D eigenvalue weighted by Crippen LogP contribution is 2.26. The van der Waals surface area contributed by atoms with Crippen LogP contribution in [0.15, 0.2) is 42.5 Å². The number of carbonyl (C=O) groups excluding carboxylic acids is 1. The minimum absolute atomic E-state index is 0.176. The lowest BCUT2D eigenvalue weighted by Crippen LogP contribution is -2.43. The minimum Gasteiger partial charge on any atom is -0.341 e. The Bertz CT molecular complexity index is 762. The summed E-state index contributed by atoms with van der Waals surface area (Å²) in [6, 6.07) is 12.7. The van der Waals surface area contributed by atoms with E-state index < -0.39 is 0 Å². The van der Waals surface area contributed by atoms with Crippen molar-refractivity contribution in [2.75, 3.05) is 33.7 Å². The summed E-state index contributed by atoms with van der Waals surface area (Å²) in [6.07, 6.45) is 2.66. The van der Waals surface area contributed by atoms with E-state index in [0.29, 0.717) is 13.0 Å². The second-order valence-electron chi connectivity index (χ2n) is 7.28. The van der Waals surface area contributed by atoms with Crippen LogP contribution in [0.4, 0.5) is 4.39 Å². The monoisotopic (exact) mass is 355 g/mol. The standard InChI is InChI=1S/C21H26FN3O/c1-24(2)15-21(26)25-11-5-7-17(14-25)20-10-4-9-19(23-20)13-16-6-3-8-18(22)12-16/h3-4,6,8-10,12,17H,5,7,11,13-15H2,1-2H3/t17-/m1/s1. The van der Waals surface area contributed by atoms with Crippen LogP contribution in [0.2, 0.25) is 0 Å². The summed E-state index contributed by atoms with van der Waals surface area (Å²) >= 11 is 0. The summed E-state index contributed by atoms with van der Waals surface area (Å²) in [7, 11) is 3.83. The van der Waals surface area contributed by atoms with E-state index in [0.717, 1.165) is 42.9 Å². The zero-order valence-electron chi connectivity index (χ0n) is 15.5. The Kier molecular flexibility index (Phi) is 5.99. The van der Waals surface area contributed by atoms with Crippen LogP contribution in [-0.4, -0.2) is 54.4 Å². The van der Waals surface area contributed by atoms with Gasteiger partial charge in [-0.15, -0.1) is 0 Å². The third kappa shape index (κ3) is 4.88. The molecule has 1 atom stereocenters. The van der Waals surface area contributed by atoms with Gasteiger partial charge < -0.3 is 9.80 Å². The Morgan fingerprint density at radius 1 is 1.27 bits per heavy atom. The molecule has 1 fully saturated rings. The topological polar surface area (TPSA) is 36.4 Å².